The second kappa shape index (κ2) is 6.85. The van der Waals surface area contributed by atoms with E-state index in [2.05, 4.69) is 5.32 Å². The first-order chi connectivity index (χ1) is 9.35. The summed E-state index contributed by atoms with van der Waals surface area (Å²) in [7, 11) is 1.36. The first-order valence-electron chi connectivity index (χ1n) is 6.02. The Hall–Kier alpha value is -2.15. The van der Waals surface area contributed by atoms with Crippen molar-refractivity contribution in [3.8, 4) is 5.75 Å². The van der Waals surface area contributed by atoms with Gasteiger partial charge in [0, 0.05) is 7.05 Å². The minimum Gasteiger partial charge on any atom is -0.478 e. The van der Waals surface area contributed by atoms with Crippen LogP contribution in [-0.4, -0.2) is 30.2 Å². The van der Waals surface area contributed by atoms with Crippen molar-refractivity contribution in [3.05, 3.63) is 29.6 Å². The van der Waals surface area contributed by atoms with Crippen LogP contribution < -0.4 is 15.4 Å². The summed E-state index contributed by atoms with van der Waals surface area (Å²) in [6, 6.07) is 3.27. The molecule has 110 valence electrons. The molecule has 0 bridgehead atoms. The van der Waals surface area contributed by atoms with Crippen molar-refractivity contribution in [2.45, 2.75) is 26.1 Å². The fourth-order valence-corrected chi connectivity index (χ4v) is 1.39. The SMILES string of the molecule is CNC(=O)NC(=O)C(C)Oc1ccc([C@H](C)O)cc1F. The number of urea groups is 1. The van der Waals surface area contributed by atoms with Crippen LogP contribution in [0.2, 0.25) is 0 Å². The van der Waals surface area contributed by atoms with Crippen molar-refractivity contribution in [2.75, 3.05) is 7.05 Å². The molecular weight excluding hydrogens is 267 g/mol. The van der Waals surface area contributed by atoms with Crippen molar-refractivity contribution in [3.63, 3.8) is 0 Å². The molecule has 0 heterocycles. The van der Waals surface area contributed by atoms with Gasteiger partial charge in [0.25, 0.3) is 5.91 Å². The predicted molar refractivity (Wildman–Crippen MR) is 69.7 cm³/mol. The predicted octanol–water partition coefficient (Wildman–Crippen LogP) is 1.10. The standard InChI is InChI=1S/C13H17FN2O4/c1-7(17)9-4-5-11(10(14)6-9)20-8(2)12(18)16-13(19)15-3/h4-8,17H,1-3H3,(H2,15,16,18,19)/t7-,8?/m0/s1. The molecule has 0 aliphatic heterocycles. The zero-order valence-corrected chi connectivity index (χ0v) is 11.4. The molecule has 0 saturated carbocycles. The van der Waals surface area contributed by atoms with Gasteiger partial charge in [0.1, 0.15) is 0 Å². The molecule has 0 fully saturated rings. The first kappa shape index (κ1) is 15.9. The highest BCUT2D eigenvalue weighted by atomic mass is 19.1. The molecule has 7 heteroatoms. The van der Waals surface area contributed by atoms with Crippen LogP contribution in [0, 0.1) is 5.82 Å². The number of ether oxygens (including phenoxy) is 1. The van der Waals surface area contributed by atoms with E-state index in [1.165, 1.54) is 33.0 Å². The van der Waals surface area contributed by atoms with Gasteiger partial charge in [-0.1, -0.05) is 6.07 Å². The quantitative estimate of drug-likeness (QED) is 0.772. The number of benzene rings is 1. The number of halogens is 1. The van der Waals surface area contributed by atoms with E-state index in [1.807, 2.05) is 5.32 Å². The number of carbonyl (C=O) groups is 2. The minimum atomic E-state index is -1.04. The summed E-state index contributed by atoms with van der Waals surface area (Å²) >= 11 is 0. The van der Waals surface area contributed by atoms with Crippen molar-refractivity contribution >= 4 is 11.9 Å². The Morgan fingerprint density at radius 2 is 2.00 bits per heavy atom. The molecule has 1 aromatic rings. The highest BCUT2D eigenvalue weighted by molar-refractivity contribution is 5.96. The van der Waals surface area contributed by atoms with Crippen LogP contribution in [-0.2, 0) is 4.79 Å². The molecule has 2 atom stereocenters. The van der Waals surface area contributed by atoms with Crippen molar-refractivity contribution in [1.29, 1.82) is 0 Å². The topological polar surface area (TPSA) is 87.7 Å². The number of carbonyl (C=O) groups excluding carboxylic acids is 2. The molecule has 1 rings (SSSR count). The number of hydrogen-bond acceptors (Lipinski definition) is 4. The average molecular weight is 284 g/mol. The summed E-state index contributed by atoms with van der Waals surface area (Å²) in [6.45, 7) is 2.90. The molecule has 20 heavy (non-hydrogen) atoms. The van der Waals surface area contributed by atoms with Crippen LogP contribution >= 0.6 is 0 Å². The zero-order valence-electron chi connectivity index (χ0n) is 11.4. The van der Waals surface area contributed by atoms with Crippen LogP contribution in [0.1, 0.15) is 25.5 Å². The fourth-order valence-electron chi connectivity index (χ4n) is 1.39. The Morgan fingerprint density at radius 1 is 1.35 bits per heavy atom. The number of imide groups is 1. The monoisotopic (exact) mass is 284 g/mol. The van der Waals surface area contributed by atoms with E-state index in [9.17, 15) is 19.1 Å². The van der Waals surface area contributed by atoms with E-state index in [0.717, 1.165) is 6.07 Å². The Kier molecular flexibility index (Phi) is 5.45. The highest BCUT2D eigenvalue weighted by Crippen LogP contribution is 2.22. The smallest absolute Gasteiger partial charge is 0.321 e. The van der Waals surface area contributed by atoms with Crippen LogP contribution in [0.3, 0.4) is 0 Å². The summed E-state index contributed by atoms with van der Waals surface area (Å²) in [4.78, 5) is 22.5. The van der Waals surface area contributed by atoms with Crippen molar-refractivity contribution in [2.24, 2.45) is 0 Å². The maximum Gasteiger partial charge on any atom is 0.321 e. The van der Waals surface area contributed by atoms with Gasteiger partial charge in [-0.25, -0.2) is 9.18 Å². The number of hydrogen-bond donors (Lipinski definition) is 3. The van der Waals surface area contributed by atoms with Crippen LogP contribution in [0.15, 0.2) is 18.2 Å². The van der Waals surface area contributed by atoms with Crippen LogP contribution in [0.5, 0.6) is 5.75 Å². The molecule has 0 aliphatic carbocycles. The molecule has 1 aromatic carbocycles. The number of rotatable bonds is 4. The van der Waals surface area contributed by atoms with E-state index < -0.39 is 30.0 Å². The van der Waals surface area contributed by atoms with Gasteiger partial charge in [0.15, 0.2) is 17.7 Å². The second-order valence-electron chi connectivity index (χ2n) is 4.19. The molecule has 1 unspecified atom stereocenters. The van der Waals surface area contributed by atoms with Gasteiger partial charge in [0.2, 0.25) is 0 Å². The van der Waals surface area contributed by atoms with Gasteiger partial charge < -0.3 is 15.2 Å². The molecule has 3 N–H and O–H groups in total. The molecule has 0 spiro atoms. The second-order valence-corrected chi connectivity index (χ2v) is 4.19. The Bertz CT molecular complexity index is 505. The lowest BCUT2D eigenvalue weighted by atomic mass is 10.1. The highest BCUT2D eigenvalue weighted by Gasteiger charge is 2.18. The van der Waals surface area contributed by atoms with Crippen LogP contribution in [0.4, 0.5) is 9.18 Å². The summed E-state index contributed by atoms with van der Waals surface area (Å²) in [6.07, 6.45) is -1.84. The van der Waals surface area contributed by atoms with E-state index in [-0.39, 0.29) is 5.75 Å². The molecule has 0 saturated heterocycles. The zero-order chi connectivity index (χ0) is 15.3. The van der Waals surface area contributed by atoms with Gasteiger partial charge >= 0.3 is 6.03 Å². The molecule has 3 amide bonds. The summed E-state index contributed by atoms with van der Waals surface area (Å²) < 4.78 is 18.9. The normalized spacial score (nSPS) is 13.2. The third kappa shape index (κ3) is 4.20. The van der Waals surface area contributed by atoms with E-state index in [4.69, 9.17) is 4.74 Å². The fraction of sp³-hybridized carbons (Fsp3) is 0.385. The van der Waals surface area contributed by atoms with Gasteiger partial charge in [-0.3, -0.25) is 10.1 Å². The van der Waals surface area contributed by atoms with E-state index in [1.54, 1.807) is 0 Å². The van der Waals surface area contributed by atoms with Crippen LogP contribution in [0.25, 0.3) is 0 Å². The van der Waals surface area contributed by atoms with Gasteiger partial charge in [-0.15, -0.1) is 0 Å². The molecule has 0 radical (unpaired) electrons. The maximum atomic E-state index is 13.7. The number of nitrogens with one attached hydrogen (secondary N) is 2. The summed E-state index contributed by atoms with van der Waals surface area (Å²) in [5.74, 6) is -1.51. The molecule has 0 aliphatic rings. The molecule has 0 aromatic heterocycles. The Labute approximate surface area is 115 Å². The summed E-state index contributed by atoms with van der Waals surface area (Å²) in [5, 5.41) is 13.6. The van der Waals surface area contributed by atoms with Crippen molar-refractivity contribution < 1.29 is 23.8 Å². The third-order valence-electron chi connectivity index (χ3n) is 2.58. The van der Waals surface area contributed by atoms with Crippen molar-refractivity contribution in [1.82, 2.24) is 10.6 Å². The average Bonchev–Trinajstić information content (AvgIpc) is 2.40. The van der Waals surface area contributed by atoms with Gasteiger partial charge in [-0.2, -0.15) is 0 Å². The minimum absolute atomic E-state index is 0.131. The first-order valence-corrected chi connectivity index (χ1v) is 6.02. The largest absolute Gasteiger partial charge is 0.478 e. The third-order valence-corrected chi connectivity index (χ3v) is 2.58. The lowest BCUT2D eigenvalue weighted by molar-refractivity contribution is -0.126. The number of amides is 3. The molecular formula is C13H17FN2O4. The summed E-state index contributed by atoms with van der Waals surface area (Å²) in [5.41, 5.74) is 0.400. The lowest BCUT2D eigenvalue weighted by Crippen LogP contribution is -2.44. The maximum absolute atomic E-state index is 13.7. The number of aliphatic hydroxyl groups excluding tert-OH is 1. The van der Waals surface area contributed by atoms with Gasteiger partial charge in [-0.05, 0) is 31.5 Å². The lowest BCUT2D eigenvalue weighted by Gasteiger charge is -2.15. The molecule has 6 nitrogen and oxygen atoms in total. The van der Waals surface area contributed by atoms with Gasteiger partial charge in [0.05, 0.1) is 6.10 Å². The Morgan fingerprint density at radius 3 is 2.50 bits per heavy atom. The Balaban J connectivity index is 2.73. The van der Waals surface area contributed by atoms with E-state index >= 15 is 0 Å². The van der Waals surface area contributed by atoms with E-state index in [0.29, 0.717) is 5.56 Å². The number of aliphatic hydroxyl groups is 1.